The molecule has 0 fully saturated rings. The predicted molar refractivity (Wildman–Crippen MR) is 98.1 cm³/mol. The van der Waals surface area contributed by atoms with Crippen LogP contribution in [0.4, 0.5) is 4.39 Å². The molecule has 3 heteroatoms. The van der Waals surface area contributed by atoms with Gasteiger partial charge in [0.1, 0.15) is 6.61 Å². The molecule has 23 heavy (non-hydrogen) atoms. The van der Waals surface area contributed by atoms with Crippen molar-refractivity contribution in [2.45, 2.75) is 109 Å². The van der Waals surface area contributed by atoms with Crippen LogP contribution < -0.4 is 0 Å². The van der Waals surface area contributed by atoms with E-state index in [2.05, 4.69) is 18.8 Å². The molecule has 1 rings (SSSR count). The van der Waals surface area contributed by atoms with Crippen LogP contribution in [-0.2, 0) is 4.74 Å². The van der Waals surface area contributed by atoms with E-state index in [4.69, 9.17) is 4.74 Å². The largest absolute Gasteiger partial charge is 0.478 e. The minimum Gasteiger partial charge on any atom is -0.478 e. The Balaban J connectivity index is 1.75. The van der Waals surface area contributed by atoms with Crippen LogP contribution in [-0.4, -0.2) is 24.7 Å². The lowest BCUT2D eigenvalue weighted by molar-refractivity contribution is 0.273. The molecular weight excluding hydrogens is 289 g/mol. The first-order chi connectivity index (χ1) is 11.1. The molecule has 0 N–H and O–H groups in total. The van der Waals surface area contributed by atoms with Crippen LogP contribution in [0, 0.1) is 0 Å². The fourth-order valence-corrected chi connectivity index (χ4v) is 3.11. The maximum absolute atomic E-state index is 11.9. The molecule has 1 heterocycles. The van der Waals surface area contributed by atoms with Crippen molar-refractivity contribution < 1.29 is 9.13 Å². The molecule has 0 aromatic heterocycles. The van der Waals surface area contributed by atoms with Crippen LogP contribution >= 0.6 is 0 Å². The Labute approximate surface area is 143 Å². The van der Waals surface area contributed by atoms with Gasteiger partial charge in [-0.15, -0.1) is 0 Å². The van der Waals surface area contributed by atoms with Gasteiger partial charge in [0.15, 0.2) is 5.90 Å². The Bertz CT molecular complexity index is 315. The molecule has 136 valence electrons. The van der Waals surface area contributed by atoms with Crippen molar-refractivity contribution in [3.05, 3.63) is 0 Å². The van der Waals surface area contributed by atoms with E-state index >= 15 is 0 Å². The van der Waals surface area contributed by atoms with Gasteiger partial charge < -0.3 is 4.74 Å². The third-order valence-corrected chi connectivity index (χ3v) is 4.54. The Morgan fingerprint density at radius 1 is 0.783 bits per heavy atom. The van der Waals surface area contributed by atoms with Gasteiger partial charge in [0.05, 0.1) is 12.2 Å². The summed E-state index contributed by atoms with van der Waals surface area (Å²) in [7, 11) is 0. The van der Waals surface area contributed by atoms with E-state index in [1.54, 1.807) is 0 Å². The van der Waals surface area contributed by atoms with E-state index in [0.717, 1.165) is 31.8 Å². The lowest BCUT2D eigenvalue weighted by Gasteiger charge is -2.07. The molecule has 0 atom stereocenters. The maximum Gasteiger partial charge on any atom is 0.183 e. The summed E-state index contributed by atoms with van der Waals surface area (Å²) < 4.78 is 17.5. The Hall–Kier alpha value is -0.600. The van der Waals surface area contributed by atoms with Crippen molar-refractivity contribution in [2.75, 3.05) is 13.3 Å². The number of rotatable bonds is 15. The highest BCUT2D eigenvalue weighted by atomic mass is 19.1. The van der Waals surface area contributed by atoms with E-state index in [1.165, 1.54) is 70.6 Å². The molecule has 0 spiro atoms. The second-order valence-corrected chi connectivity index (χ2v) is 7.64. The summed E-state index contributed by atoms with van der Waals surface area (Å²) in [5.74, 6) is 0.974. The van der Waals surface area contributed by atoms with Gasteiger partial charge in [0, 0.05) is 6.42 Å². The predicted octanol–water partition coefficient (Wildman–Crippen LogP) is 6.62. The highest BCUT2D eigenvalue weighted by Crippen LogP contribution is 2.20. The summed E-state index contributed by atoms with van der Waals surface area (Å²) in [6.45, 7) is 4.87. The van der Waals surface area contributed by atoms with Gasteiger partial charge in [-0.05, 0) is 26.7 Å². The molecule has 0 aliphatic carbocycles. The summed E-state index contributed by atoms with van der Waals surface area (Å²) in [4.78, 5) is 4.60. The molecule has 1 aliphatic rings. The van der Waals surface area contributed by atoms with Gasteiger partial charge in [0.25, 0.3) is 0 Å². The van der Waals surface area contributed by atoms with Crippen molar-refractivity contribution >= 4 is 5.90 Å². The lowest BCUT2D eigenvalue weighted by Crippen LogP contribution is -2.17. The summed E-state index contributed by atoms with van der Waals surface area (Å²) in [5.41, 5.74) is 0.00256. The number of aliphatic imine (C=N–C) groups is 1. The number of hydrogen-bond donors (Lipinski definition) is 0. The highest BCUT2D eigenvalue weighted by molar-refractivity contribution is 5.78. The molecule has 0 saturated carbocycles. The number of nitrogens with zero attached hydrogens (tertiary/aromatic N) is 1. The van der Waals surface area contributed by atoms with E-state index < -0.39 is 0 Å². The van der Waals surface area contributed by atoms with E-state index in [1.807, 2.05) is 0 Å². The summed E-state index contributed by atoms with van der Waals surface area (Å²) in [6.07, 6.45) is 17.4. The normalized spacial score (nSPS) is 16.4. The van der Waals surface area contributed by atoms with Crippen molar-refractivity contribution in [3.63, 3.8) is 0 Å². The number of ether oxygens (including phenoxy) is 1. The van der Waals surface area contributed by atoms with Crippen LogP contribution in [0.3, 0.4) is 0 Å². The van der Waals surface area contributed by atoms with Crippen LogP contribution in [0.15, 0.2) is 4.99 Å². The van der Waals surface area contributed by atoms with Gasteiger partial charge in [0.2, 0.25) is 0 Å². The third kappa shape index (κ3) is 11.6. The smallest absolute Gasteiger partial charge is 0.183 e. The maximum atomic E-state index is 11.9. The minimum atomic E-state index is -0.140. The van der Waals surface area contributed by atoms with E-state index in [0.29, 0.717) is 0 Å². The third-order valence-electron chi connectivity index (χ3n) is 4.54. The lowest BCUT2D eigenvalue weighted by atomic mass is 10.0. The van der Waals surface area contributed by atoms with Crippen molar-refractivity contribution in [2.24, 2.45) is 4.99 Å². The SMILES string of the molecule is CC1(C)COC(CCCCCCCCCCCCCCCF)=N1. The minimum absolute atomic E-state index is 0.00256. The Morgan fingerprint density at radius 2 is 1.22 bits per heavy atom. The molecule has 0 unspecified atom stereocenters. The zero-order chi connectivity index (χ0) is 16.8. The van der Waals surface area contributed by atoms with Crippen molar-refractivity contribution in [1.82, 2.24) is 0 Å². The molecule has 2 nitrogen and oxygen atoms in total. The monoisotopic (exact) mass is 327 g/mol. The number of hydrogen-bond acceptors (Lipinski definition) is 2. The Morgan fingerprint density at radius 3 is 1.61 bits per heavy atom. The van der Waals surface area contributed by atoms with Crippen molar-refractivity contribution in [3.8, 4) is 0 Å². The molecule has 0 saturated heterocycles. The first-order valence-corrected chi connectivity index (χ1v) is 9.91. The van der Waals surface area contributed by atoms with Crippen LogP contribution in [0.2, 0.25) is 0 Å². The van der Waals surface area contributed by atoms with Crippen LogP contribution in [0.5, 0.6) is 0 Å². The summed E-state index contributed by atoms with van der Waals surface area (Å²) in [5, 5.41) is 0. The fourth-order valence-electron chi connectivity index (χ4n) is 3.11. The number of alkyl halides is 1. The quantitative estimate of drug-likeness (QED) is 0.309. The fraction of sp³-hybridized carbons (Fsp3) is 0.950. The topological polar surface area (TPSA) is 21.6 Å². The second-order valence-electron chi connectivity index (χ2n) is 7.64. The first-order valence-electron chi connectivity index (χ1n) is 9.91. The van der Waals surface area contributed by atoms with Gasteiger partial charge in [-0.3, -0.25) is 4.39 Å². The number of unbranched alkanes of at least 4 members (excludes halogenated alkanes) is 12. The van der Waals surface area contributed by atoms with Gasteiger partial charge in [-0.1, -0.05) is 70.6 Å². The summed E-state index contributed by atoms with van der Waals surface area (Å²) in [6, 6.07) is 0. The standard InChI is InChI=1S/C20H38FNO/c1-20(2)18-23-19(22-20)16-14-12-10-8-6-4-3-5-7-9-11-13-15-17-21/h3-18H2,1-2H3. The van der Waals surface area contributed by atoms with Crippen molar-refractivity contribution in [1.29, 1.82) is 0 Å². The Kier molecular flexibility index (Phi) is 11.4. The second kappa shape index (κ2) is 12.8. The number of halogens is 1. The zero-order valence-electron chi connectivity index (χ0n) is 15.5. The van der Waals surface area contributed by atoms with Gasteiger partial charge in [-0.2, -0.15) is 0 Å². The molecular formula is C20H38FNO. The summed E-state index contributed by atoms with van der Waals surface area (Å²) >= 11 is 0. The molecule has 0 aromatic carbocycles. The average Bonchev–Trinajstić information content (AvgIpc) is 2.87. The van der Waals surface area contributed by atoms with E-state index in [9.17, 15) is 4.39 Å². The molecule has 1 aliphatic heterocycles. The molecule has 0 aromatic rings. The zero-order valence-corrected chi connectivity index (χ0v) is 15.5. The molecule has 0 amide bonds. The van der Waals surface area contributed by atoms with Crippen LogP contribution in [0.1, 0.15) is 104 Å². The highest BCUT2D eigenvalue weighted by Gasteiger charge is 2.25. The van der Waals surface area contributed by atoms with Gasteiger partial charge >= 0.3 is 0 Å². The first kappa shape index (κ1) is 20.4. The van der Waals surface area contributed by atoms with E-state index in [-0.39, 0.29) is 12.2 Å². The molecule has 0 radical (unpaired) electrons. The average molecular weight is 328 g/mol. The van der Waals surface area contributed by atoms with Gasteiger partial charge in [-0.25, -0.2) is 4.99 Å². The molecule has 0 bridgehead atoms. The van der Waals surface area contributed by atoms with Crippen LogP contribution in [0.25, 0.3) is 0 Å².